The van der Waals surface area contributed by atoms with Gasteiger partial charge in [0.2, 0.25) is 5.91 Å². The highest BCUT2D eigenvalue weighted by molar-refractivity contribution is 5.96. The molecule has 0 aliphatic carbocycles. The van der Waals surface area contributed by atoms with Crippen molar-refractivity contribution in [3.63, 3.8) is 0 Å². The smallest absolute Gasteiger partial charge is 0.251 e. The molecule has 0 fully saturated rings. The predicted molar refractivity (Wildman–Crippen MR) is 87.8 cm³/mol. The fourth-order valence-corrected chi connectivity index (χ4v) is 2.23. The van der Waals surface area contributed by atoms with Gasteiger partial charge in [0.05, 0.1) is 0 Å². The maximum atomic E-state index is 13.0. The van der Waals surface area contributed by atoms with E-state index in [2.05, 4.69) is 5.32 Å². The van der Waals surface area contributed by atoms with E-state index in [1.54, 1.807) is 41.3 Å². The van der Waals surface area contributed by atoms with Gasteiger partial charge in [-0.1, -0.05) is 18.2 Å². The molecule has 2 aromatic carbocycles. The minimum Gasteiger partial charge on any atom is -0.352 e. The first-order chi connectivity index (χ1) is 11.1. The molecule has 0 aliphatic heterocycles. The lowest BCUT2D eigenvalue weighted by Crippen LogP contribution is -2.34. The van der Waals surface area contributed by atoms with Gasteiger partial charge in [-0.3, -0.25) is 9.59 Å². The van der Waals surface area contributed by atoms with Crippen LogP contribution in [0.4, 0.5) is 10.1 Å². The highest BCUT2D eigenvalue weighted by Gasteiger charge is 2.14. The van der Waals surface area contributed by atoms with E-state index in [0.717, 1.165) is 0 Å². The summed E-state index contributed by atoms with van der Waals surface area (Å²) in [4.78, 5) is 25.7. The number of nitrogens with zero attached hydrogens (tertiary/aromatic N) is 1. The molecule has 23 heavy (non-hydrogen) atoms. The minimum absolute atomic E-state index is 0.118. The zero-order valence-corrected chi connectivity index (χ0v) is 13.0. The number of nitrogens with one attached hydrogen (secondary N) is 1. The largest absolute Gasteiger partial charge is 0.352 e. The summed E-state index contributed by atoms with van der Waals surface area (Å²) < 4.78 is 13.0. The maximum absolute atomic E-state index is 13.0. The number of halogens is 1. The van der Waals surface area contributed by atoms with Gasteiger partial charge in [-0.2, -0.15) is 0 Å². The zero-order valence-electron chi connectivity index (χ0n) is 13.0. The minimum atomic E-state index is -0.340. The van der Waals surface area contributed by atoms with Crippen LogP contribution >= 0.6 is 0 Å². The fourth-order valence-electron chi connectivity index (χ4n) is 2.23. The van der Waals surface area contributed by atoms with Crippen LogP contribution in [0.5, 0.6) is 0 Å². The number of amides is 2. The number of anilines is 1. The summed E-state index contributed by atoms with van der Waals surface area (Å²) in [5.74, 6) is -0.664. The van der Waals surface area contributed by atoms with E-state index >= 15 is 0 Å². The quantitative estimate of drug-likeness (QED) is 0.891. The molecule has 120 valence electrons. The Hall–Kier alpha value is -2.69. The molecule has 1 N–H and O–H groups in total. The zero-order chi connectivity index (χ0) is 16.7. The first kappa shape index (κ1) is 16.7. The van der Waals surface area contributed by atoms with E-state index in [1.807, 2.05) is 13.0 Å². The standard InChI is InChI=1S/C18H19FN2O2/c1-2-21(16-10-8-15(19)9-11-16)17(22)12-13-20-18(23)14-6-4-3-5-7-14/h3-11H,2,12-13H2,1H3,(H,20,23). The number of carbonyl (C=O) groups excluding carboxylic acids is 2. The van der Waals surface area contributed by atoms with E-state index in [-0.39, 0.29) is 30.6 Å². The predicted octanol–water partition coefficient (Wildman–Crippen LogP) is 3.00. The normalized spacial score (nSPS) is 10.2. The molecular weight excluding hydrogens is 295 g/mol. The molecular formula is C18H19FN2O2. The summed E-state index contributed by atoms with van der Waals surface area (Å²) >= 11 is 0. The molecule has 5 heteroatoms. The summed E-state index contributed by atoms with van der Waals surface area (Å²) in [7, 11) is 0. The van der Waals surface area contributed by atoms with Crippen molar-refractivity contribution in [1.82, 2.24) is 5.32 Å². The lowest BCUT2D eigenvalue weighted by molar-refractivity contribution is -0.118. The molecule has 0 heterocycles. The third-order valence-electron chi connectivity index (χ3n) is 3.42. The fraction of sp³-hybridized carbons (Fsp3) is 0.222. The van der Waals surface area contributed by atoms with Gasteiger partial charge < -0.3 is 10.2 Å². The average molecular weight is 314 g/mol. The Labute approximate surface area is 134 Å². The highest BCUT2D eigenvalue weighted by Crippen LogP contribution is 2.15. The van der Waals surface area contributed by atoms with Gasteiger partial charge >= 0.3 is 0 Å². The van der Waals surface area contributed by atoms with Crippen molar-refractivity contribution in [2.75, 3.05) is 18.0 Å². The van der Waals surface area contributed by atoms with Gasteiger partial charge in [0.15, 0.2) is 0 Å². The number of benzene rings is 2. The molecule has 2 aromatic rings. The molecule has 0 saturated carbocycles. The molecule has 0 aliphatic rings. The van der Waals surface area contributed by atoms with Crippen LogP contribution in [0.15, 0.2) is 54.6 Å². The molecule has 0 unspecified atom stereocenters. The van der Waals surface area contributed by atoms with E-state index in [4.69, 9.17) is 0 Å². The molecule has 0 bridgehead atoms. The van der Waals surface area contributed by atoms with E-state index in [0.29, 0.717) is 17.8 Å². The van der Waals surface area contributed by atoms with Crippen LogP contribution in [0.2, 0.25) is 0 Å². The summed E-state index contributed by atoms with van der Waals surface area (Å²) in [5.41, 5.74) is 1.21. The third kappa shape index (κ3) is 4.64. The summed E-state index contributed by atoms with van der Waals surface area (Å²) in [6.07, 6.45) is 0.184. The van der Waals surface area contributed by atoms with Crippen LogP contribution in [-0.2, 0) is 4.79 Å². The van der Waals surface area contributed by atoms with Gasteiger partial charge in [-0.15, -0.1) is 0 Å². The van der Waals surface area contributed by atoms with Crippen LogP contribution in [0.1, 0.15) is 23.7 Å². The van der Waals surface area contributed by atoms with Crippen molar-refractivity contribution in [3.8, 4) is 0 Å². The molecule has 0 saturated heterocycles. The molecule has 0 atom stereocenters. The van der Waals surface area contributed by atoms with Crippen LogP contribution < -0.4 is 10.2 Å². The van der Waals surface area contributed by atoms with E-state index in [9.17, 15) is 14.0 Å². The SMILES string of the molecule is CCN(C(=O)CCNC(=O)c1ccccc1)c1ccc(F)cc1. The summed E-state index contributed by atoms with van der Waals surface area (Å²) in [6.45, 7) is 2.59. The van der Waals surface area contributed by atoms with E-state index < -0.39 is 0 Å². The van der Waals surface area contributed by atoms with Gasteiger partial charge in [0.1, 0.15) is 5.82 Å². The average Bonchev–Trinajstić information content (AvgIpc) is 2.58. The molecule has 0 spiro atoms. The van der Waals surface area contributed by atoms with Gasteiger partial charge in [0, 0.05) is 30.8 Å². The molecule has 2 rings (SSSR count). The Morgan fingerprint density at radius 3 is 2.30 bits per heavy atom. The monoisotopic (exact) mass is 314 g/mol. The lowest BCUT2D eigenvalue weighted by atomic mass is 10.2. The Morgan fingerprint density at radius 1 is 1.04 bits per heavy atom. The van der Waals surface area contributed by atoms with Gasteiger partial charge in [-0.25, -0.2) is 4.39 Å². The topological polar surface area (TPSA) is 49.4 Å². The van der Waals surface area contributed by atoms with Crippen molar-refractivity contribution < 1.29 is 14.0 Å². The van der Waals surface area contributed by atoms with Crippen LogP contribution in [0.25, 0.3) is 0 Å². The number of carbonyl (C=O) groups is 2. The van der Waals surface area contributed by atoms with Crippen LogP contribution in [-0.4, -0.2) is 24.9 Å². The number of hydrogen-bond acceptors (Lipinski definition) is 2. The molecule has 2 amide bonds. The van der Waals surface area contributed by atoms with Crippen LogP contribution in [0.3, 0.4) is 0 Å². The van der Waals surface area contributed by atoms with Gasteiger partial charge in [-0.05, 0) is 43.3 Å². The second-order valence-electron chi connectivity index (χ2n) is 4.99. The van der Waals surface area contributed by atoms with Gasteiger partial charge in [0.25, 0.3) is 5.91 Å². The first-order valence-corrected chi connectivity index (χ1v) is 7.51. The lowest BCUT2D eigenvalue weighted by Gasteiger charge is -2.21. The molecule has 4 nitrogen and oxygen atoms in total. The Balaban J connectivity index is 1.88. The second kappa shape index (κ2) is 8.08. The first-order valence-electron chi connectivity index (χ1n) is 7.51. The van der Waals surface area contributed by atoms with Crippen molar-refractivity contribution >= 4 is 17.5 Å². The Kier molecular flexibility index (Phi) is 5.86. The Bertz CT molecular complexity index is 656. The number of rotatable bonds is 6. The molecule has 0 aromatic heterocycles. The maximum Gasteiger partial charge on any atom is 0.251 e. The van der Waals surface area contributed by atoms with E-state index in [1.165, 1.54) is 12.1 Å². The second-order valence-corrected chi connectivity index (χ2v) is 4.99. The van der Waals surface area contributed by atoms with Crippen molar-refractivity contribution in [2.24, 2.45) is 0 Å². The Morgan fingerprint density at radius 2 is 1.70 bits per heavy atom. The number of hydrogen-bond donors (Lipinski definition) is 1. The van der Waals surface area contributed by atoms with Crippen molar-refractivity contribution in [3.05, 3.63) is 66.0 Å². The molecule has 0 radical (unpaired) electrons. The van der Waals surface area contributed by atoms with Crippen LogP contribution in [0, 0.1) is 5.82 Å². The van der Waals surface area contributed by atoms with Crippen molar-refractivity contribution in [2.45, 2.75) is 13.3 Å². The summed E-state index contributed by atoms with van der Waals surface area (Å²) in [6, 6.07) is 14.6. The summed E-state index contributed by atoms with van der Waals surface area (Å²) in [5, 5.41) is 2.72. The highest BCUT2D eigenvalue weighted by atomic mass is 19.1. The van der Waals surface area contributed by atoms with Crippen molar-refractivity contribution in [1.29, 1.82) is 0 Å². The third-order valence-corrected chi connectivity index (χ3v) is 3.42.